The third-order valence-electron chi connectivity index (χ3n) is 3.23. The van der Waals surface area contributed by atoms with Gasteiger partial charge in [0.2, 0.25) is 0 Å². The van der Waals surface area contributed by atoms with E-state index >= 15 is 0 Å². The number of thiazole rings is 1. The molecule has 2 heterocycles. The standard InChI is InChI=1S/C14H15FN2OS/c1-10-2-3-11(8-12(10)15)13-9-16-14(19-13)17-4-6-18-7-5-17/h2-3,8-9H,4-7H2,1H3. The molecule has 1 aromatic heterocycles. The summed E-state index contributed by atoms with van der Waals surface area (Å²) in [7, 11) is 0. The normalized spacial score (nSPS) is 15.8. The molecule has 1 aliphatic heterocycles. The Labute approximate surface area is 115 Å². The van der Waals surface area contributed by atoms with Crippen molar-refractivity contribution in [3.8, 4) is 10.4 Å². The summed E-state index contributed by atoms with van der Waals surface area (Å²) in [5.74, 6) is -0.168. The summed E-state index contributed by atoms with van der Waals surface area (Å²) in [5.41, 5.74) is 1.56. The summed E-state index contributed by atoms with van der Waals surface area (Å²) < 4.78 is 18.9. The molecule has 1 aromatic carbocycles. The zero-order chi connectivity index (χ0) is 13.2. The molecule has 5 heteroatoms. The molecule has 1 aliphatic rings. The lowest BCUT2D eigenvalue weighted by atomic mass is 10.1. The highest BCUT2D eigenvalue weighted by atomic mass is 32.1. The third kappa shape index (κ3) is 2.62. The number of aromatic nitrogens is 1. The molecule has 0 saturated carbocycles. The van der Waals surface area contributed by atoms with Gasteiger partial charge in [0.25, 0.3) is 0 Å². The summed E-state index contributed by atoms with van der Waals surface area (Å²) in [6.45, 7) is 5.00. The van der Waals surface area contributed by atoms with Gasteiger partial charge in [0.15, 0.2) is 5.13 Å². The van der Waals surface area contributed by atoms with E-state index in [0.29, 0.717) is 5.56 Å². The maximum Gasteiger partial charge on any atom is 0.186 e. The number of aryl methyl sites for hydroxylation is 1. The number of anilines is 1. The molecule has 3 rings (SSSR count). The summed E-state index contributed by atoms with van der Waals surface area (Å²) in [4.78, 5) is 7.65. The number of halogens is 1. The van der Waals surface area contributed by atoms with Gasteiger partial charge < -0.3 is 9.64 Å². The molecule has 0 atom stereocenters. The Morgan fingerprint density at radius 1 is 1.32 bits per heavy atom. The van der Waals surface area contributed by atoms with Crippen molar-refractivity contribution in [1.82, 2.24) is 4.98 Å². The van der Waals surface area contributed by atoms with Crippen molar-refractivity contribution in [2.75, 3.05) is 31.2 Å². The molecule has 3 nitrogen and oxygen atoms in total. The maximum absolute atomic E-state index is 13.6. The van der Waals surface area contributed by atoms with E-state index in [9.17, 15) is 4.39 Å². The fraction of sp³-hybridized carbons (Fsp3) is 0.357. The second kappa shape index (κ2) is 5.27. The first-order valence-corrected chi connectivity index (χ1v) is 7.11. The van der Waals surface area contributed by atoms with Gasteiger partial charge in [-0.3, -0.25) is 0 Å². The van der Waals surface area contributed by atoms with Crippen LogP contribution in [0.15, 0.2) is 24.4 Å². The molecular weight excluding hydrogens is 263 g/mol. The molecule has 100 valence electrons. The highest BCUT2D eigenvalue weighted by Gasteiger charge is 2.15. The molecule has 1 saturated heterocycles. The zero-order valence-corrected chi connectivity index (χ0v) is 11.5. The minimum atomic E-state index is -0.168. The Balaban J connectivity index is 1.85. The second-order valence-corrected chi connectivity index (χ2v) is 5.58. The van der Waals surface area contributed by atoms with E-state index in [1.807, 2.05) is 12.3 Å². The molecule has 0 amide bonds. The number of hydrogen-bond donors (Lipinski definition) is 0. The van der Waals surface area contributed by atoms with E-state index in [4.69, 9.17) is 4.74 Å². The Bertz CT molecular complexity index is 579. The van der Waals surface area contributed by atoms with Gasteiger partial charge in [-0.05, 0) is 24.1 Å². The SMILES string of the molecule is Cc1ccc(-c2cnc(N3CCOCC3)s2)cc1F. The smallest absolute Gasteiger partial charge is 0.186 e. The lowest BCUT2D eigenvalue weighted by Crippen LogP contribution is -2.36. The minimum Gasteiger partial charge on any atom is -0.378 e. The molecule has 19 heavy (non-hydrogen) atoms. The zero-order valence-electron chi connectivity index (χ0n) is 10.7. The van der Waals surface area contributed by atoms with Gasteiger partial charge in [-0.1, -0.05) is 23.5 Å². The topological polar surface area (TPSA) is 25.4 Å². The van der Waals surface area contributed by atoms with Crippen LogP contribution in [0.5, 0.6) is 0 Å². The summed E-state index contributed by atoms with van der Waals surface area (Å²) in [5, 5.41) is 0.985. The average Bonchev–Trinajstić information content (AvgIpc) is 2.93. The van der Waals surface area contributed by atoms with Gasteiger partial charge in [-0.15, -0.1) is 0 Å². The minimum absolute atomic E-state index is 0.168. The van der Waals surface area contributed by atoms with Crippen LogP contribution in [0.2, 0.25) is 0 Å². The predicted molar refractivity (Wildman–Crippen MR) is 75.3 cm³/mol. The van der Waals surface area contributed by atoms with E-state index < -0.39 is 0 Å². The molecular formula is C14H15FN2OS. The van der Waals surface area contributed by atoms with E-state index in [1.54, 1.807) is 30.4 Å². The van der Waals surface area contributed by atoms with Crippen molar-refractivity contribution in [1.29, 1.82) is 0 Å². The van der Waals surface area contributed by atoms with E-state index in [2.05, 4.69) is 9.88 Å². The van der Waals surface area contributed by atoms with Crippen LogP contribution in [0, 0.1) is 12.7 Å². The van der Waals surface area contributed by atoms with Crippen LogP contribution in [0.1, 0.15) is 5.56 Å². The second-order valence-electron chi connectivity index (χ2n) is 4.57. The molecule has 0 bridgehead atoms. The van der Waals surface area contributed by atoms with Crippen LogP contribution < -0.4 is 4.90 Å². The summed E-state index contributed by atoms with van der Waals surface area (Å²) >= 11 is 1.60. The molecule has 2 aromatic rings. The fourth-order valence-corrected chi connectivity index (χ4v) is 3.01. The lowest BCUT2D eigenvalue weighted by molar-refractivity contribution is 0.122. The molecule has 0 unspecified atom stereocenters. The monoisotopic (exact) mass is 278 g/mol. The molecule has 0 spiro atoms. The quantitative estimate of drug-likeness (QED) is 0.844. The predicted octanol–water partition coefficient (Wildman–Crippen LogP) is 3.09. The largest absolute Gasteiger partial charge is 0.378 e. The van der Waals surface area contributed by atoms with E-state index in [1.165, 1.54) is 0 Å². The van der Waals surface area contributed by atoms with Crippen molar-refractivity contribution < 1.29 is 9.13 Å². The van der Waals surface area contributed by atoms with Crippen LogP contribution in [0.25, 0.3) is 10.4 Å². The first-order valence-electron chi connectivity index (χ1n) is 6.29. The first kappa shape index (κ1) is 12.6. The molecule has 0 aliphatic carbocycles. The summed E-state index contributed by atoms with van der Waals surface area (Å²) in [6, 6.07) is 5.32. The Kier molecular flexibility index (Phi) is 3.48. The van der Waals surface area contributed by atoms with Crippen LogP contribution in [0.4, 0.5) is 9.52 Å². The van der Waals surface area contributed by atoms with Crippen LogP contribution in [-0.2, 0) is 4.74 Å². The van der Waals surface area contributed by atoms with Crippen molar-refractivity contribution >= 4 is 16.5 Å². The van der Waals surface area contributed by atoms with Crippen molar-refractivity contribution in [3.63, 3.8) is 0 Å². The van der Waals surface area contributed by atoms with Crippen LogP contribution in [0.3, 0.4) is 0 Å². The molecule has 0 N–H and O–H groups in total. The van der Waals surface area contributed by atoms with Gasteiger partial charge in [-0.25, -0.2) is 9.37 Å². The van der Waals surface area contributed by atoms with Crippen molar-refractivity contribution in [2.24, 2.45) is 0 Å². The van der Waals surface area contributed by atoms with E-state index in [-0.39, 0.29) is 5.82 Å². The first-order chi connectivity index (χ1) is 9.24. The highest BCUT2D eigenvalue weighted by molar-refractivity contribution is 7.18. The lowest BCUT2D eigenvalue weighted by Gasteiger charge is -2.25. The van der Waals surface area contributed by atoms with Crippen LogP contribution in [-0.4, -0.2) is 31.3 Å². The fourth-order valence-electron chi connectivity index (χ4n) is 2.05. The Morgan fingerprint density at radius 3 is 2.84 bits per heavy atom. The molecule has 1 fully saturated rings. The third-order valence-corrected chi connectivity index (χ3v) is 4.34. The van der Waals surface area contributed by atoms with Gasteiger partial charge in [0.1, 0.15) is 5.82 Å². The Morgan fingerprint density at radius 2 is 2.11 bits per heavy atom. The van der Waals surface area contributed by atoms with Gasteiger partial charge in [0, 0.05) is 19.3 Å². The average molecular weight is 278 g/mol. The number of ether oxygens (including phenoxy) is 1. The van der Waals surface area contributed by atoms with E-state index in [0.717, 1.165) is 41.9 Å². The van der Waals surface area contributed by atoms with Crippen LogP contribution >= 0.6 is 11.3 Å². The van der Waals surface area contributed by atoms with Gasteiger partial charge in [0.05, 0.1) is 18.1 Å². The maximum atomic E-state index is 13.6. The van der Waals surface area contributed by atoms with Crippen molar-refractivity contribution in [3.05, 3.63) is 35.8 Å². The molecule has 0 radical (unpaired) electrons. The summed E-state index contributed by atoms with van der Waals surface area (Å²) in [6.07, 6.45) is 1.82. The number of rotatable bonds is 2. The van der Waals surface area contributed by atoms with Gasteiger partial charge >= 0.3 is 0 Å². The number of nitrogens with zero attached hydrogens (tertiary/aromatic N) is 2. The number of benzene rings is 1. The highest BCUT2D eigenvalue weighted by Crippen LogP contribution is 2.32. The van der Waals surface area contributed by atoms with Crippen molar-refractivity contribution in [2.45, 2.75) is 6.92 Å². The number of morpholine rings is 1. The Hall–Kier alpha value is -1.46. The number of hydrogen-bond acceptors (Lipinski definition) is 4. The van der Waals surface area contributed by atoms with Gasteiger partial charge in [-0.2, -0.15) is 0 Å².